The Morgan fingerprint density at radius 1 is 1.24 bits per heavy atom. The van der Waals surface area contributed by atoms with Gasteiger partial charge in [0, 0.05) is 21.9 Å². The first-order valence-electron chi connectivity index (χ1n) is 5.76. The smallest absolute Gasteiger partial charge is 0.326 e. The molecule has 0 saturated carbocycles. The minimum absolute atomic E-state index is 0.0955. The Balaban J connectivity index is 2.83. The Kier molecular flexibility index (Phi) is 6.00. The highest BCUT2D eigenvalue weighted by atomic mass is 35.5. The second-order valence-electron chi connectivity index (χ2n) is 4.44. The summed E-state index contributed by atoms with van der Waals surface area (Å²) in [5, 5.41) is 11.7. The molecule has 0 aliphatic rings. The van der Waals surface area contributed by atoms with E-state index in [0.29, 0.717) is 0 Å². The molecule has 0 aliphatic carbocycles. The van der Waals surface area contributed by atoms with Gasteiger partial charge in [0.1, 0.15) is 15.9 Å². The summed E-state index contributed by atoms with van der Waals surface area (Å²) in [7, 11) is -3.32. The number of carboxylic acids is 1. The summed E-state index contributed by atoms with van der Waals surface area (Å²) in [6.45, 7) is 0. The van der Waals surface area contributed by atoms with Crippen LogP contribution in [-0.4, -0.2) is 43.5 Å². The highest BCUT2D eigenvalue weighted by molar-refractivity contribution is 7.90. The van der Waals surface area contributed by atoms with Crippen molar-refractivity contribution >= 4 is 44.9 Å². The minimum Gasteiger partial charge on any atom is -0.480 e. The van der Waals surface area contributed by atoms with Crippen molar-refractivity contribution in [3.8, 4) is 0 Å². The van der Waals surface area contributed by atoms with E-state index in [4.69, 9.17) is 28.3 Å². The summed E-state index contributed by atoms with van der Waals surface area (Å²) >= 11 is 11.5. The number of hydrogen-bond acceptors (Lipinski definition) is 4. The number of sulfone groups is 1. The van der Waals surface area contributed by atoms with Crippen LogP contribution >= 0.6 is 23.2 Å². The van der Waals surface area contributed by atoms with E-state index in [1.165, 1.54) is 18.2 Å². The molecule has 1 aromatic carbocycles. The number of carbonyl (C=O) groups is 2. The molecule has 0 radical (unpaired) electrons. The van der Waals surface area contributed by atoms with Crippen molar-refractivity contribution in [3.63, 3.8) is 0 Å². The zero-order valence-corrected chi connectivity index (χ0v) is 13.3. The van der Waals surface area contributed by atoms with E-state index in [-0.39, 0.29) is 27.8 Å². The molecule has 0 spiro atoms. The Labute approximate surface area is 132 Å². The third-order valence-corrected chi connectivity index (χ3v) is 3.92. The van der Waals surface area contributed by atoms with Gasteiger partial charge in [-0.2, -0.15) is 0 Å². The zero-order valence-electron chi connectivity index (χ0n) is 11.0. The van der Waals surface area contributed by atoms with E-state index >= 15 is 0 Å². The molecule has 0 heterocycles. The lowest BCUT2D eigenvalue weighted by molar-refractivity contribution is -0.139. The van der Waals surface area contributed by atoms with Gasteiger partial charge in [0.05, 0.1) is 5.75 Å². The molecule has 0 bridgehead atoms. The molecule has 1 rings (SSSR count). The maximum absolute atomic E-state index is 11.9. The average molecular weight is 354 g/mol. The number of nitrogens with one attached hydrogen (secondary N) is 1. The third-order valence-electron chi connectivity index (χ3n) is 2.51. The number of carboxylic acid groups (broad SMARTS) is 1. The molecule has 0 aromatic heterocycles. The number of benzene rings is 1. The first-order valence-corrected chi connectivity index (χ1v) is 8.57. The van der Waals surface area contributed by atoms with Crippen LogP contribution in [0.1, 0.15) is 16.8 Å². The lowest BCUT2D eigenvalue weighted by Gasteiger charge is -2.14. The van der Waals surface area contributed by atoms with E-state index in [2.05, 4.69) is 5.32 Å². The Morgan fingerprint density at radius 3 is 2.19 bits per heavy atom. The summed E-state index contributed by atoms with van der Waals surface area (Å²) in [6.07, 6.45) is 0.763. The molecule has 21 heavy (non-hydrogen) atoms. The molecule has 1 amide bonds. The fourth-order valence-corrected chi connectivity index (χ4v) is 2.71. The molecule has 1 unspecified atom stereocenters. The van der Waals surface area contributed by atoms with Gasteiger partial charge in [-0.1, -0.05) is 23.2 Å². The van der Waals surface area contributed by atoms with Gasteiger partial charge in [-0.15, -0.1) is 0 Å². The van der Waals surface area contributed by atoms with Crippen LogP contribution in [0.15, 0.2) is 18.2 Å². The largest absolute Gasteiger partial charge is 0.480 e. The van der Waals surface area contributed by atoms with Crippen LogP contribution in [0.4, 0.5) is 0 Å². The van der Waals surface area contributed by atoms with Crippen molar-refractivity contribution in [2.75, 3.05) is 12.0 Å². The van der Waals surface area contributed by atoms with Gasteiger partial charge in [-0.3, -0.25) is 4.79 Å². The van der Waals surface area contributed by atoms with Crippen LogP contribution in [0.25, 0.3) is 0 Å². The van der Waals surface area contributed by atoms with Gasteiger partial charge in [0.2, 0.25) is 0 Å². The first-order chi connectivity index (χ1) is 9.58. The predicted molar refractivity (Wildman–Crippen MR) is 79.7 cm³/mol. The lowest BCUT2D eigenvalue weighted by atomic mass is 10.1. The maximum Gasteiger partial charge on any atom is 0.326 e. The van der Waals surface area contributed by atoms with Crippen LogP contribution in [0.2, 0.25) is 10.0 Å². The van der Waals surface area contributed by atoms with E-state index < -0.39 is 27.8 Å². The van der Waals surface area contributed by atoms with Crippen LogP contribution in [0.5, 0.6) is 0 Å². The number of halogens is 2. The molecule has 1 aromatic rings. The topological polar surface area (TPSA) is 101 Å². The third kappa shape index (κ3) is 6.33. The van der Waals surface area contributed by atoms with Gasteiger partial charge < -0.3 is 10.4 Å². The van der Waals surface area contributed by atoms with Crippen LogP contribution in [0.3, 0.4) is 0 Å². The number of hydrogen-bond donors (Lipinski definition) is 2. The molecule has 0 fully saturated rings. The Hall–Kier alpha value is -1.31. The fourth-order valence-electron chi connectivity index (χ4n) is 1.52. The summed E-state index contributed by atoms with van der Waals surface area (Å²) in [4.78, 5) is 23.0. The highest BCUT2D eigenvalue weighted by Gasteiger charge is 2.22. The SMILES string of the molecule is CS(=O)(=O)CCC(NC(=O)c1cc(Cl)cc(Cl)c1)C(=O)O. The van der Waals surface area contributed by atoms with Crippen molar-refractivity contribution < 1.29 is 23.1 Å². The number of rotatable bonds is 6. The quantitative estimate of drug-likeness (QED) is 0.808. The lowest BCUT2D eigenvalue weighted by Crippen LogP contribution is -2.41. The van der Waals surface area contributed by atoms with E-state index in [1.807, 2.05) is 0 Å². The molecule has 2 N–H and O–H groups in total. The molecule has 1 atom stereocenters. The molecule has 9 heteroatoms. The number of aliphatic carboxylic acids is 1. The van der Waals surface area contributed by atoms with Gasteiger partial charge in [-0.25, -0.2) is 13.2 Å². The first kappa shape index (κ1) is 17.7. The second-order valence-corrected chi connectivity index (χ2v) is 7.57. The van der Waals surface area contributed by atoms with E-state index in [9.17, 15) is 18.0 Å². The van der Waals surface area contributed by atoms with E-state index in [0.717, 1.165) is 6.26 Å². The molecule has 0 aliphatic heterocycles. The minimum atomic E-state index is -3.32. The van der Waals surface area contributed by atoms with Gasteiger partial charge in [-0.05, 0) is 24.6 Å². The molecule has 116 valence electrons. The number of carbonyl (C=O) groups excluding carboxylic acids is 1. The van der Waals surface area contributed by atoms with Crippen molar-refractivity contribution in [1.82, 2.24) is 5.32 Å². The van der Waals surface area contributed by atoms with Crippen molar-refractivity contribution in [2.24, 2.45) is 0 Å². The van der Waals surface area contributed by atoms with Crippen molar-refractivity contribution in [1.29, 1.82) is 0 Å². The summed E-state index contributed by atoms with van der Waals surface area (Å²) in [6, 6.07) is 2.78. The summed E-state index contributed by atoms with van der Waals surface area (Å²) in [5.41, 5.74) is 0.0955. The van der Waals surface area contributed by atoms with Crippen LogP contribution < -0.4 is 5.32 Å². The second kappa shape index (κ2) is 7.11. The van der Waals surface area contributed by atoms with E-state index in [1.54, 1.807) is 0 Å². The van der Waals surface area contributed by atoms with Crippen LogP contribution in [0, 0.1) is 0 Å². The normalized spacial score (nSPS) is 12.7. The Bertz CT molecular complexity index is 639. The average Bonchev–Trinajstić information content (AvgIpc) is 2.31. The molecule has 0 saturated heterocycles. The monoisotopic (exact) mass is 353 g/mol. The maximum atomic E-state index is 11.9. The molecular formula is C12H13Cl2NO5S. The van der Waals surface area contributed by atoms with Gasteiger partial charge in [0.25, 0.3) is 5.91 Å². The summed E-state index contributed by atoms with van der Waals surface area (Å²) in [5.74, 6) is -2.36. The van der Waals surface area contributed by atoms with Crippen molar-refractivity contribution in [2.45, 2.75) is 12.5 Å². The predicted octanol–water partition coefficient (Wildman–Crippen LogP) is 1.61. The molecule has 6 nitrogen and oxygen atoms in total. The summed E-state index contributed by atoms with van der Waals surface area (Å²) < 4.78 is 22.1. The zero-order chi connectivity index (χ0) is 16.2. The molecular weight excluding hydrogens is 341 g/mol. The Morgan fingerprint density at radius 2 is 1.76 bits per heavy atom. The van der Waals surface area contributed by atoms with Crippen LogP contribution in [-0.2, 0) is 14.6 Å². The van der Waals surface area contributed by atoms with Gasteiger partial charge in [0.15, 0.2) is 0 Å². The standard InChI is InChI=1S/C12H13Cl2NO5S/c1-21(19,20)3-2-10(12(17)18)15-11(16)7-4-8(13)6-9(14)5-7/h4-6,10H,2-3H2,1H3,(H,15,16)(H,17,18). The van der Waals surface area contributed by atoms with Gasteiger partial charge >= 0.3 is 5.97 Å². The fraction of sp³-hybridized carbons (Fsp3) is 0.333. The number of amides is 1. The highest BCUT2D eigenvalue weighted by Crippen LogP contribution is 2.19. The van der Waals surface area contributed by atoms with Crippen molar-refractivity contribution in [3.05, 3.63) is 33.8 Å².